The van der Waals surface area contributed by atoms with Crippen LogP contribution in [0.2, 0.25) is 0 Å². The van der Waals surface area contributed by atoms with E-state index < -0.39 is 18.2 Å². The van der Waals surface area contributed by atoms with Crippen LogP contribution in [0.25, 0.3) is 0 Å². The summed E-state index contributed by atoms with van der Waals surface area (Å²) in [5.41, 5.74) is 0.119. The summed E-state index contributed by atoms with van der Waals surface area (Å²) in [5, 5.41) is 41.7. The van der Waals surface area contributed by atoms with E-state index in [0.29, 0.717) is 30.1 Å². The molecule has 4 rings (SSSR count). The molecule has 0 heterocycles. The zero-order valence-electron chi connectivity index (χ0n) is 18.3. The minimum atomic E-state index is -0.748. The maximum Gasteiger partial charge on any atom is 0.303 e. The van der Waals surface area contributed by atoms with Gasteiger partial charge in [0.15, 0.2) is 0 Å². The van der Waals surface area contributed by atoms with Crippen molar-refractivity contribution in [3.63, 3.8) is 0 Å². The molecule has 166 valence electrons. The Kier molecular flexibility index (Phi) is 5.57. The van der Waals surface area contributed by atoms with E-state index in [0.717, 1.165) is 44.9 Å². The highest BCUT2D eigenvalue weighted by molar-refractivity contribution is 5.66. The Morgan fingerprint density at radius 3 is 2.28 bits per heavy atom. The van der Waals surface area contributed by atoms with Gasteiger partial charge in [0.05, 0.1) is 18.3 Å². The number of rotatable bonds is 4. The third-order valence-electron chi connectivity index (χ3n) is 10.3. The van der Waals surface area contributed by atoms with Gasteiger partial charge in [-0.15, -0.1) is 0 Å². The Balaban J connectivity index is 1.59. The van der Waals surface area contributed by atoms with Gasteiger partial charge in [0.2, 0.25) is 0 Å². The van der Waals surface area contributed by atoms with Crippen LogP contribution in [0.5, 0.6) is 0 Å². The zero-order valence-corrected chi connectivity index (χ0v) is 18.3. The first-order valence-electron chi connectivity index (χ1n) is 11.9. The van der Waals surface area contributed by atoms with Gasteiger partial charge in [-0.1, -0.05) is 20.8 Å². The van der Waals surface area contributed by atoms with Crippen molar-refractivity contribution in [3.8, 4) is 0 Å². The summed E-state index contributed by atoms with van der Waals surface area (Å²) in [7, 11) is 0. The van der Waals surface area contributed by atoms with Crippen LogP contribution >= 0.6 is 0 Å². The average molecular weight is 409 g/mol. The first kappa shape index (κ1) is 21.6. The number of hydrogen-bond donors (Lipinski definition) is 4. The summed E-state index contributed by atoms with van der Waals surface area (Å²) in [4.78, 5) is 11.1. The van der Waals surface area contributed by atoms with Gasteiger partial charge >= 0.3 is 5.97 Å². The molecule has 0 radical (unpaired) electrons. The van der Waals surface area contributed by atoms with E-state index >= 15 is 0 Å². The number of hydrogen-bond acceptors (Lipinski definition) is 4. The predicted octanol–water partition coefficient (Wildman–Crippen LogP) is 3.45. The topological polar surface area (TPSA) is 98.0 Å². The summed E-state index contributed by atoms with van der Waals surface area (Å²) >= 11 is 0. The summed E-state index contributed by atoms with van der Waals surface area (Å²) in [6, 6.07) is 0. The summed E-state index contributed by atoms with van der Waals surface area (Å²) < 4.78 is 0. The van der Waals surface area contributed by atoms with Crippen LogP contribution in [-0.2, 0) is 4.79 Å². The van der Waals surface area contributed by atoms with Crippen molar-refractivity contribution in [2.75, 3.05) is 0 Å². The van der Waals surface area contributed by atoms with Gasteiger partial charge in [-0.25, -0.2) is 0 Å². The lowest BCUT2D eigenvalue weighted by molar-refractivity contribution is -0.223. The van der Waals surface area contributed by atoms with Crippen LogP contribution in [0.1, 0.15) is 78.6 Å². The Hall–Kier alpha value is -0.650. The average Bonchev–Trinajstić information content (AvgIpc) is 3.02. The Morgan fingerprint density at radius 2 is 1.59 bits per heavy atom. The van der Waals surface area contributed by atoms with Crippen LogP contribution in [0.4, 0.5) is 0 Å². The molecule has 5 heteroatoms. The molecule has 0 bridgehead atoms. The fourth-order valence-electron chi connectivity index (χ4n) is 8.77. The van der Waals surface area contributed by atoms with Crippen molar-refractivity contribution in [1.82, 2.24) is 0 Å². The van der Waals surface area contributed by atoms with Gasteiger partial charge in [-0.3, -0.25) is 4.79 Å². The van der Waals surface area contributed by atoms with E-state index in [1.807, 2.05) is 0 Å². The molecule has 4 N–H and O–H groups in total. The van der Waals surface area contributed by atoms with Crippen molar-refractivity contribution in [1.29, 1.82) is 0 Å². The SMILES string of the molecule is CC(CCC(=O)O)C1CCC2C3C(O)C(O)C4C[C@H](O)CC[C@]4(C)C3CC[C@]12C. The minimum absolute atomic E-state index is 0.00309. The smallest absolute Gasteiger partial charge is 0.303 e. The number of carbonyl (C=O) groups is 1. The van der Waals surface area contributed by atoms with E-state index in [4.69, 9.17) is 5.11 Å². The lowest BCUT2D eigenvalue weighted by Crippen LogP contribution is -2.64. The minimum Gasteiger partial charge on any atom is -0.481 e. The number of carboxylic acid groups (broad SMARTS) is 1. The highest BCUT2D eigenvalue weighted by Gasteiger charge is 2.65. The third kappa shape index (κ3) is 3.27. The normalized spacial score (nSPS) is 52.9. The second kappa shape index (κ2) is 7.49. The summed E-state index contributed by atoms with van der Waals surface area (Å²) in [5.74, 6) is 1.06. The first-order chi connectivity index (χ1) is 13.6. The van der Waals surface area contributed by atoms with E-state index in [2.05, 4.69) is 20.8 Å². The predicted molar refractivity (Wildman–Crippen MR) is 110 cm³/mol. The molecule has 0 aliphatic heterocycles. The second-order valence-electron chi connectivity index (χ2n) is 11.5. The standard InChI is InChI=1S/C24H40O5/c1-13(4-7-19(26)27)15-5-6-16-20-17(9-11-23(15,16)2)24(3)10-8-14(25)12-18(24)21(28)22(20)29/h13-18,20-22,25,28-29H,4-12H2,1-3H3,(H,26,27)/t13?,14-,15?,16?,17?,18?,20?,21?,22?,23-,24-/m1/s1. The lowest BCUT2D eigenvalue weighted by atomic mass is 9.43. The molecule has 0 saturated heterocycles. The van der Waals surface area contributed by atoms with Crippen molar-refractivity contribution < 1.29 is 25.2 Å². The number of fused-ring (bicyclic) bond motifs is 5. The van der Waals surface area contributed by atoms with Gasteiger partial charge in [0.25, 0.3) is 0 Å². The molecule has 0 aromatic rings. The summed E-state index contributed by atoms with van der Waals surface area (Å²) in [6.07, 6.45) is 5.87. The van der Waals surface area contributed by atoms with Crippen molar-refractivity contribution in [2.45, 2.75) is 96.9 Å². The molecule has 0 amide bonds. The van der Waals surface area contributed by atoms with Crippen LogP contribution < -0.4 is 0 Å². The molecule has 0 aromatic heterocycles. The number of aliphatic carboxylic acids is 1. The Morgan fingerprint density at radius 1 is 0.931 bits per heavy atom. The molecule has 4 fully saturated rings. The molecular formula is C24H40O5. The largest absolute Gasteiger partial charge is 0.481 e. The second-order valence-corrected chi connectivity index (χ2v) is 11.5. The van der Waals surface area contributed by atoms with Crippen LogP contribution in [0, 0.1) is 46.3 Å². The van der Waals surface area contributed by atoms with Crippen molar-refractivity contribution in [2.24, 2.45) is 46.3 Å². The molecule has 29 heavy (non-hydrogen) atoms. The molecule has 0 spiro atoms. The highest BCUT2D eigenvalue weighted by atomic mass is 16.4. The Labute approximate surface area is 174 Å². The molecule has 4 aliphatic rings. The third-order valence-corrected chi connectivity index (χ3v) is 10.3. The molecule has 4 aliphatic carbocycles. The van der Waals surface area contributed by atoms with Gasteiger partial charge < -0.3 is 20.4 Å². The van der Waals surface area contributed by atoms with Gasteiger partial charge in [0, 0.05) is 6.42 Å². The number of aliphatic hydroxyl groups is 3. The fraction of sp³-hybridized carbons (Fsp3) is 0.958. The fourth-order valence-corrected chi connectivity index (χ4v) is 8.77. The molecule has 0 aromatic carbocycles. The molecular weight excluding hydrogens is 368 g/mol. The van der Waals surface area contributed by atoms with Gasteiger partial charge in [-0.2, -0.15) is 0 Å². The van der Waals surface area contributed by atoms with Gasteiger partial charge in [-0.05, 0) is 97.7 Å². The number of aliphatic hydroxyl groups excluding tert-OH is 3. The zero-order chi connectivity index (χ0) is 21.1. The van der Waals surface area contributed by atoms with Crippen LogP contribution in [-0.4, -0.2) is 44.7 Å². The monoisotopic (exact) mass is 408 g/mol. The molecule has 8 unspecified atom stereocenters. The van der Waals surface area contributed by atoms with E-state index in [9.17, 15) is 20.1 Å². The quantitative estimate of drug-likeness (QED) is 0.571. The summed E-state index contributed by atoms with van der Waals surface area (Å²) in [6.45, 7) is 6.89. The lowest BCUT2D eigenvalue weighted by Gasteiger charge is -2.63. The van der Waals surface area contributed by atoms with Crippen LogP contribution in [0.3, 0.4) is 0 Å². The first-order valence-corrected chi connectivity index (χ1v) is 11.9. The molecule has 4 saturated carbocycles. The Bertz CT molecular complexity index is 637. The van der Waals surface area contributed by atoms with E-state index in [1.165, 1.54) is 0 Å². The van der Waals surface area contributed by atoms with Crippen molar-refractivity contribution >= 4 is 5.97 Å². The van der Waals surface area contributed by atoms with E-state index in [-0.39, 0.29) is 35.2 Å². The number of carboxylic acids is 1. The molecule has 11 atom stereocenters. The maximum absolute atomic E-state index is 11.3. The highest BCUT2D eigenvalue weighted by Crippen LogP contribution is 2.68. The van der Waals surface area contributed by atoms with Gasteiger partial charge in [0.1, 0.15) is 0 Å². The molecule has 5 nitrogen and oxygen atoms in total. The van der Waals surface area contributed by atoms with E-state index in [1.54, 1.807) is 0 Å². The van der Waals surface area contributed by atoms with Crippen LogP contribution in [0.15, 0.2) is 0 Å². The van der Waals surface area contributed by atoms with Crippen molar-refractivity contribution in [3.05, 3.63) is 0 Å². The maximum atomic E-state index is 11.3.